The highest BCUT2D eigenvalue weighted by atomic mass is 16.2. The average molecular weight is 288 g/mol. The molecule has 1 aliphatic heterocycles. The molecule has 21 heavy (non-hydrogen) atoms. The largest absolute Gasteiger partial charge is 0.300 e. The Bertz CT molecular complexity index is 514. The molecule has 2 fully saturated rings. The summed E-state index contributed by atoms with van der Waals surface area (Å²) in [6.07, 6.45) is 8.75. The van der Waals surface area contributed by atoms with Gasteiger partial charge in [-0.05, 0) is 18.9 Å². The molecule has 2 amide bonds. The Morgan fingerprint density at radius 3 is 2.76 bits per heavy atom. The van der Waals surface area contributed by atoms with Gasteiger partial charge in [-0.3, -0.25) is 19.8 Å². The molecule has 2 aliphatic rings. The molecule has 2 heterocycles. The van der Waals surface area contributed by atoms with Gasteiger partial charge in [0.1, 0.15) is 6.33 Å². The number of carbonyl (C=O) groups excluding carboxylic acids is 2. The second kappa shape index (κ2) is 6.30. The monoisotopic (exact) mass is 288 g/mol. The highest BCUT2D eigenvalue weighted by molar-refractivity contribution is 6.05. The summed E-state index contributed by atoms with van der Waals surface area (Å²) >= 11 is 0. The van der Waals surface area contributed by atoms with E-state index in [1.54, 1.807) is 12.3 Å². The van der Waals surface area contributed by atoms with Gasteiger partial charge in [-0.15, -0.1) is 0 Å². The van der Waals surface area contributed by atoms with Crippen LogP contribution in [-0.4, -0.2) is 38.8 Å². The van der Waals surface area contributed by atoms with E-state index in [4.69, 9.17) is 0 Å². The van der Waals surface area contributed by atoms with Gasteiger partial charge >= 0.3 is 0 Å². The molecule has 1 saturated carbocycles. The van der Waals surface area contributed by atoms with E-state index in [-0.39, 0.29) is 24.3 Å². The van der Waals surface area contributed by atoms with Gasteiger partial charge in [-0.2, -0.15) is 0 Å². The van der Waals surface area contributed by atoms with E-state index in [0.717, 1.165) is 31.4 Å². The molecule has 1 aromatic rings. The van der Waals surface area contributed by atoms with Gasteiger partial charge in [0.05, 0.1) is 18.2 Å². The molecule has 112 valence electrons. The molecule has 3 rings (SSSR count). The third-order valence-electron chi connectivity index (χ3n) is 4.30. The molecule has 0 aromatic carbocycles. The van der Waals surface area contributed by atoms with Gasteiger partial charge in [0, 0.05) is 18.8 Å². The van der Waals surface area contributed by atoms with Crippen LogP contribution in [0.1, 0.15) is 44.2 Å². The highest BCUT2D eigenvalue weighted by Crippen LogP contribution is 2.27. The first kappa shape index (κ1) is 14.1. The van der Waals surface area contributed by atoms with Crippen LogP contribution >= 0.6 is 0 Å². The summed E-state index contributed by atoms with van der Waals surface area (Å²) in [5.74, 6) is -0.104. The lowest BCUT2D eigenvalue weighted by Gasteiger charge is -2.29. The summed E-state index contributed by atoms with van der Waals surface area (Å²) in [5.41, 5.74) is 0.821. The molecule has 0 radical (unpaired) electrons. The van der Waals surface area contributed by atoms with Crippen molar-refractivity contribution < 1.29 is 9.59 Å². The van der Waals surface area contributed by atoms with Crippen molar-refractivity contribution in [1.82, 2.24) is 20.2 Å². The Morgan fingerprint density at radius 2 is 2.05 bits per heavy atom. The van der Waals surface area contributed by atoms with Crippen molar-refractivity contribution in [3.8, 4) is 0 Å². The Kier molecular flexibility index (Phi) is 4.24. The van der Waals surface area contributed by atoms with E-state index in [9.17, 15) is 9.59 Å². The SMILES string of the molecule is O=C1CC(NCc2ccncn2)C(=O)N1C1CCCCC1. The number of aromatic nitrogens is 2. The van der Waals surface area contributed by atoms with Gasteiger partial charge in [-0.25, -0.2) is 9.97 Å². The first-order valence-corrected chi connectivity index (χ1v) is 7.60. The normalized spacial score (nSPS) is 23.8. The van der Waals surface area contributed by atoms with Crippen LogP contribution in [0.2, 0.25) is 0 Å². The molecule has 1 aromatic heterocycles. The fourth-order valence-corrected chi connectivity index (χ4v) is 3.18. The number of rotatable bonds is 4. The topological polar surface area (TPSA) is 75.2 Å². The zero-order valence-corrected chi connectivity index (χ0v) is 12.0. The van der Waals surface area contributed by atoms with Crippen molar-refractivity contribution in [2.45, 2.75) is 57.2 Å². The van der Waals surface area contributed by atoms with Crippen molar-refractivity contribution in [3.05, 3.63) is 24.3 Å². The molecule has 1 saturated heterocycles. The van der Waals surface area contributed by atoms with Crippen molar-refractivity contribution in [1.29, 1.82) is 0 Å². The molecule has 1 atom stereocenters. The minimum Gasteiger partial charge on any atom is -0.300 e. The van der Waals surface area contributed by atoms with Crippen molar-refractivity contribution in [3.63, 3.8) is 0 Å². The molecular formula is C15H20N4O2. The number of likely N-dealkylation sites (tertiary alicyclic amines) is 1. The van der Waals surface area contributed by atoms with E-state index < -0.39 is 6.04 Å². The van der Waals surface area contributed by atoms with Crippen molar-refractivity contribution in [2.24, 2.45) is 0 Å². The van der Waals surface area contributed by atoms with Gasteiger partial charge in [0.15, 0.2) is 0 Å². The molecule has 1 aliphatic carbocycles. The zero-order valence-electron chi connectivity index (χ0n) is 12.0. The zero-order chi connectivity index (χ0) is 14.7. The fourth-order valence-electron chi connectivity index (χ4n) is 3.18. The van der Waals surface area contributed by atoms with Crippen LogP contribution in [0.3, 0.4) is 0 Å². The molecule has 1 unspecified atom stereocenters. The minimum absolute atomic E-state index is 0.0351. The Balaban J connectivity index is 1.60. The van der Waals surface area contributed by atoms with Gasteiger partial charge in [0.25, 0.3) is 0 Å². The maximum Gasteiger partial charge on any atom is 0.247 e. The first-order chi connectivity index (χ1) is 10.3. The number of hydrogen-bond donors (Lipinski definition) is 1. The highest BCUT2D eigenvalue weighted by Gasteiger charge is 2.42. The Hall–Kier alpha value is -1.82. The molecular weight excluding hydrogens is 268 g/mol. The van der Waals surface area contributed by atoms with Crippen LogP contribution in [-0.2, 0) is 16.1 Å². The van der Waals surface area contributed by atoms with Crippen LogP contribution in [0.15, 0.2) is 18.6 Å². The summed E-state index contributed by atoms with van der Waals surface area (Å²) in [7, 11) is 0. The number of amides is 2. The second-order valence-corrected chi connectivity index (χ2v) is 5.73. The first-order valence-electron chi connectivity index (χ1n) is 7.60. The van der Waals surface area contributed by atoms with Crippen molar-refractivity contribution in [2.75, 3.05) is 0 Å². The third-order valence-corrected chi connectivity index (χ3v) is 4.30. The van der Waals surface area contributed by atoms with E-state index in [2.05, 4.69) is 15.3 Å². The van der Waals surface area contributed by atoms with Gasteiger partial charge in [-0.1, -0.05) is 19.3 Å². The second-order valence-electron chi connectivity index (χ2n) is 5.73. The summed E-state index contributed by atoms with van der Waals surface area (Å²) in [6, 6.07) is 1.51. The van der Waals surface area contributed by atoms with Gasteiger partial charge < -0.3 is 0 Å². The number of nitrogens with zero attached hydrogens (tertiary/aromatic N) is 3. The van der Waals surface area contributed by atoms with Crippen molar-refractivity contribution >= 4 is 11.8 Å². The predicted molar refractivity (Wildman–Crippen MR) is 76.0 cm³/mol. The number of nitrogens with one attached hydrogen (secondary N) is 1. The van der Waals surface area contributed by atoms with Crippen LogP contribution in [0.5, 0.6) is 0 Å². The molecule has 0 spiro atoms. The number of carbonyl (C=O) groups is 2. The Morgan fingerprint density at radius 1 is 1.24 bits per heavy atom. The maximum absolute atomic E-state index is 12.4. The van der Waals surface area contributed by atoms with Gasteiger partial charge in [0.2, 0.25) is 11.8 Å². The quantitative estimate of drug-likeness (QED) is 0.837. The van der Waals surface area contributed by atoms with E-state index in [1.165, 1.54) is 17.6 Å². The van der Waals surface area contributed by atoms with E-state index in [1.807, 2.05) is 0 Å². The van der Waals surface area contributed by atoms with Crippen LogP contribution < -0.4 is 5.32 Å². The maximum atomic E-state index is 12.4. The van der Waals surface area contributed by atoms with Crippen LogP contribution in [0.25, 0.3) is 0 Å². The lowest BCUT2D eigenvalue weighted by Crippen LogP contribution is -2.44. The lowest BCUT2D eigenvalue weighted by molar-refractivity contribution is -0.142. The van der Waals surface area contributed by atoms with Crippen LogP contribution in [0, 0.1) is 0 Å². The molecule has 6 heteroatoms. The molecule has 6 nitrogen and oxygen atoms in total. The van der Waals surface area contributed by atoms with Crippen LogP contribution in [0.4, 0.5) is 0 Å². The molecule has 1 N–H and O–H groups in total. The smallest absolute Gasteiger partial charge is 0.247 e. The summed E-state index contributed by atoms with van der Waals surface area (Å²) in [6.45, 7) is 0.477. The fraction of sp³-hybridized carbons (Fsp3) is 0.600. The van der Waals surface area contributed by atoms with E-state index >= 15 is 0 Å². The number of hydrogen-bond acceptors (Lipinski definition) is 5. The number of imide groups is 1. The summed E-state index contributed by atoms with van der Waals surface area (Å²) < 4.78 is 0. The minimum atomic E-state index is -0.408. The standard InChI is InChI=1S/C15H20N4O2/c20-14-8-13(17-9-11-6-7-16-10-18-11)15(21)19(14)12-4-2-1-3-5-12/h6-7,10,12-13,17H,1-5,8-9H2. The predicted octanol–water partition coefficient (Wildman–Crippen LogP) is 1.03. The van der Waals surface area contributed by atoms with E-state index in [0.29, 0.717) is 6.54 Å². The average Bonchev–Trinajstić information content (AvgIpc) is 2.81. The summed E-state index contributed by atoms with van der Waals surface area (Å²) in [5, 5.41) is 3.14. The third kappa shape index (κ3) is 3.10. The molecule has 0 bridgehead atoms. The Labute approximate surface area is 124 Å². The summed E-state index contributed by atoms with van der Waals surface area (Å²) in [4.78, 5) is 34.1. The lowest BCUT2D eigenvalue weighted by atomic mass is 9.94.